The van der Waals surface area contributed by atoms with Crippen molar-refractivity contribution in [1.29, 1.82) is 0 Å². The van der Waals surface area contributed by atoms with Gasteiger partial charge in [0.2, 0.25) is 0 Å². The average Bonchev–Trinajstić information content (AvgIpc) is 3.29. The minimum atomic E-state index is -0.482. The molecule has 5 aromatic rings. The van der Waals surface area contributed by atoms with Crippen molar-refractivity contribution in [2.75, 3.05) is 25.3 Å². The monoisotopic (exact) mass is 540 g/mol. The highest BCUT2D eigenvalue weighted by Crippen LogP contribution is 2.42. The van der Waals surface area contributed by atoms with E-state index in [0.717, 1.165) is 22.4 Å². The van der Waals surface area contributed by atoms with Crippen LogP contribution >= 0.6 is 11.3 Å². The molecule has 0 aliphatic carbocycles. The molecule has 0 spiro atoms. The number of nitrogens with zero attached hydrogens (tertiary/aromatic N) is 2. The van der Waals surface area contributed by atoms with Crippen molar-refractivity contribution in [2.24, 2.45) is 0 Å². The van der Waals surface area contributed by atoms with Gasteiger partial charge in [-0.1, -0.05) is 18.2 Å². The lowest BCUT2D eigenvalue weighted by Crippen LogP contribution is -2.12. The van der Waals surface area contributed by atoms with Gasteiger partial charge in [-0.2, -0.15) is 0 Å². The van der Waals surface area contributed by atoms with Crippen LogP contribution in [0.15, 0.2) is 72.8 Å². The summed E-state index contributed by atoms with van der Waals surface area (Å²) in [5.41, 5.74) is 10.9. The molecule has 0 bridgehead atoms. The highest BCUT2D eigenvalue weighted by molar-refractivity contribution is 7.21. The van der Waals surface area contributed by atoms with Crippen LogP contribution in [-0.4, -0.2) is 30.0 Å². The molecule has 2 heterocycles. The van der Waals surface area contributed by atoms with Crippen LogP contribution in [0.3, 0.4) is 0 Å². The van der Waals surface area contributed by atoms with Crippen molar-refractivity contribution in [3.05, 3.63) is 93.4 Å². The third kappa shape index (κ3) is 4.97. The molecule has 5 rings (SSSR count). The van der Waals surface area contributed by atoms with E-state index in [-0.39, 0.29) is 16.3 Å². The standard InChI is InChI=1S/C29H24N4O5S/c1-16-4-9-19(14-24(16)33(35)36)31-28(34)27-26(30)25-22(17-5-10-20(37-2)11-6-17)15-23(32-29(25)39-27)18-7-12-21(38-3)13-8-18/h4-15H,30H2,1-3H3,(H,31,34). The van der Waals surface area contributed by atoms with E-state index in [9.17, 15) is 14.9 Å². The van der Waals surface area contributed by atoms with Gasteiger partial charge in [0, 0.05) is 28.3 Å². The van der Waals surface area contributed by atoms with Crippen LogP contribution in [0.5, 0.6) is 11.5 Å². The number of thiophene rings is 1. The van der Waals surface area contributed by atoms with Gasteiger partial charge in [0.25, 0.3) is 11.6 Å². The summed E-state index contributed by atoms with van der Waals surface area (Å²) in [6.45, 7) is 1.64. The molecule has 0 saturated heterocycles. The molecule has 9 nitrogen and oxygen atoms in total. The number of nitrogens with two attached hydrogens (primary N) is 1. The number of aryl methyl sites for hydroxylation is 1. The highest BCUT2D eigenvalue weighted by atomic mass is 32.1. The number of benzene rings is 3. The second-order valence-corrected chi connectivity index (χ2v) is 9.75. The summed E-state index contributed by atoms with van der Waals surface area (Å²) in [6.07, 6.45) is 0. The maximum absolute atomic E-state index is 13.3. The second kappa shape index (κ2) is 10.4. The molecule has 0 aliphatic heterocycles. The van der Waals surface area contributed by atoms with Crippen LogP contribution in [0.2, 0.25) is 0 Å². The van der Waals surface area contributed by atoms with Gasteiger partial charge in [0.05, 0.1) is 30.5 Å². The smallest absolute Gasteiger partial charge is 0.274 e. The van der Waals surface area contributed by atoms with Crippen molar-refractivity contribution < 1.29 is 19.2 Å². The van der Waals surface area contributed by atoms with Crippen molar-refractivity contribution in [2.45, 2.75) is 6.92 Å². The number of anilines is 2. The molecule has 196 valence electrons. The van der Waals surface area contributed by atoms with Crippen molar-refractivity contribution in [3.8, 4) is 33.9 Å². The van der Waals surface area contributed by atoms with Crippen LogP contribution in [0.4, 0.5) is 17.1 Å². The molecule has 2 aromatic heterocycles. The van der Waals surface area contributed by atoms with Gasteiger partial charge in [-0.25, -0.2) is 4.98 Å². The van der Waals surface area contributed by atoms with Gasteiger partial charge < -0.3 is 20.5 Å². The minimum Gasteiger partial charge on any atom is -0.497 e. The first kappa shape index (κ1) is 25.7. The Morgan fingerprint density at radius 1 is 0.949 bits per heavy atom. The van der Waals surface area contributed by atoms with E-state index in [4.69, 9.17) is 20.2 Å². The lowest BCUT2D eigenvalue weighted by Gasteiger charge is -2.10. The number of amides is 1. The predicted octanol–water partition coefficient (Wildman–Crippen LogP) is 6.70. The molecular formula is C29H24N4O5S. The molecule has 3 N–H and O–H groups in total. The topological polar surface area (TPSA) is 130 Å². The number of pyridine rings is 1. The van der Waals surface area contributed by atoms with Crippen LogP contribution in [0.1, 0.15) is 15.2 Å². The number of hydrogen-bond acceptors (Lipinski definition) is 8. The zero-order valence-electron chi connectivity index (χ0n) is 21.3. The minimum absolute atomic E-state index is 0.0790. The SMILES string of the molecule is COc1ccc(-c2cc(-c3ccc(OC)cc3)c3c(N)c(C(=O)Nc4ccc(C)c([N+](=O)[O-])c4)sc3n2)cc1. The quantitative estimate of drug-likeness (QED) is 0.174. The number of hydrogen-bond donors (Lipinski definition) is 2. The normalized spacial score (nSPS) is 10.8. The molecule has 3 aromatic carbocycles. The van der Waals surface area contributed by atoms with E-state index < -0.39 is 10.8 Å². The zero-order valence-corrected chi connectivity index (χ0v) is 22.2. The van der Waals surface area contributed by atoms with Crippen LogP contribution in [0.25, 0.3) is 32.6 Å². The Balaban J connectivity index is 1.62. The maximum atomic E-state index is 13.3. The van der Waals surface area contributed by atoms with Crippen molar-refractivity contribution >= 4 is 44.5 Å². The van der Waals surface area contributed by atoms with E-state index in [0.29, 0.717) is 32.9 Å². The molecule has 0 aliphatic rings. The number of rotatable bonds is 7. The first-order valence-corrected chi connectivity index (χ1v) is 12.7. The summed E-state index contributed by atoms with van der Waals surface area (Å²) in [6, 6.07) is 21.6. The number of methoxy groups -OCH3 is 2. The number of nitro groups is 1. The number of carbonyl (C=O) groups excluding carboxylic acids is 1. The first-order valence-electron chi connectivity index (χ1n) is 11.9. The van der Waals surface area contributed by atoms with Crippen LogP contribution in [0, 0.1) is 17.0 Å². The van der Waals surface area contributed by atoms with Gasteiger partial charge in [-0.3, -0.25) is 14.9 Å². The Morgan fingerprint density at radius 2 is 1.56 bits per heavy atom. The summed E-state index contributed by atoms with van der Waals surface area (Å²) >= 11 is 1.17. The first-order chi connectivity index (χ1) is 18.8. The highest BCUT2D eigenvalue weighted by Gasteiger charge is 2.23. The van der Waals surface area contributed by atoms with Gasteiger partial charge in [-0.15, -0.1) is 11.3 Å². The fourth-order valence-electron chi connectivity index (χ4n) is 4.27. The van der Waals surface area contributed by atoms with Crippen LogP contribution < -0.4 is 20.5 Å². The van der Waals surface area contributed by atoms with E-state index in [1.807, 2.05) is 54.6 Å². The molecule has 0 atom stereocenters. The van der Waals surface area contributed by atoms with Gasteiger partial charge in [0.15, 0.2) is 0 Å². The summed E-state index contributed by atoms with van der Waals surface area (Å²) < 4.78 is 10.6. The number of nitrogens with one attached hydrogen (secondary N) is 1. The summed E-state index contributed by atoms with van der Waals surface area (Å²) in [4.78, 5) is 29.9. The van der Waals surface area contributed by atoms with E-state index in [1.54, 1.807) is 33.3 Å². The molecule has 0 radical (unpaired) electrons. The Kier molecular flexibility index (Phi) is 6.86. The molecule has 39 heavy (non-hydrogen) atoms. The largest absolute Gasteiger partial charge is 0.497 e. The van der Waals surface area contributed by atoms with E-state index in [1.165, 1.54) is 17.4 Å². The molecule has 0 fully saturated rings. The van der Waals surface area contributed by atoms with E-state index in [2.05, 4.69) is 5.32 Å². The third-order valence-corrected chi connectivity index (χ3v) is 7.45. The Labute approximate surface area is 228 Å². The fourth-order valence-corrected chi connectivity index (χ4v) is 5.28. The van der Waals surface area contributed by atoms with Crippen LogP contribution in [-0.2, 0) is 0 Å². The molecule has 10 heteroatoms. The van der Waals surface area contributed by atoms with E-state index >= 15 is 0 Å². The number of nitro benzene ring substituents is 1. The molecular weight excluding hydrogens is 516 g/mol. The average molecular weight is 541 g/mol. The molecule has 0 saturated carbocycles. The number of ether oxygens (including phenoxy) is 2. The lowest BCUT2D eigenvalue weighted by molar-refractivity contribution is -0.385. The fraction of sp³-hybridized carbons (Fsp3) is 0.103. The third-order valence-electron chi connectivity index (χ3n) is 6.36. The van der Waals surface area contributed by atoms with Gasteiger partial charge in [0.1, 0.15) is 21.2 Å². The summed E-state index contributed by atoms with van der Waals surface area (Å²) in [7, 11) is 3.21. The number of nitrogen functional groups attached to an aromatic ring is 1. The van der Waals surface area contributed by atoms with Gasteiger partial charge in [-0.05, 0) is 66.6 Å². The second-order valence-electron chi connectivity index (χ2n) is 8.75. The summed E-state index contributed by atoms with van der Waals surface area (Å²) in [5.74, 6) is 0.969. The maximum Gasteiger partial charge on any atom is 0.274 e. The Bertz CT molecular complexity index is 1710. The van der Waals surface area contributed by atoms with Crippen molar-refractivity contribution in [3.63, 3.8) is 0 Å². The number of carbonyl (C=O) groups is 1. The Morgan fingerprint density at radius 3 is 2.15 bits per heavy atom. The number of aromatic nitrogens is 1. The molecule has 0 unspecified atom stereocenters. The zero-order chi connectivity index (χ0) is 27.7. The molecule has 1 amide bonds. The predicted molar refractivity (Wildman–Crippen MR) is 154 cm³/mol. The number of fused-ring (bicyclic) bond motifs is 1. The van der Waals surface area contributed by atoms with Crippen molar-refractivity contribution in [1.82, 2.24) is 4.98 Å². The van der Waals surface area contributed by atoms with Gasteiger partial charge >= 0.3 is 0 Å². The summed E-state index contributed by atoms with van der Waals surface area (Å²) in [5, 5.41) is 14.7. The Hall–Kier alpha value is -4.96. The lowest BCUT2D eigenvalue weighted by atomic mass is 9.99.